The minimum Gasteiger partial charge on any atom is -0.478 e. The van der Waals surface area contributed by atoms with Crippen molar-refractivity contribution < 1.29 is 9.90 Å². The fourth-order valence-electron chi connectivity index (χ4n) is 5.36. The Balaban J connectivity index is 1.16. The number of hydrogen-bond acceptors (Lipinski definition) is 4. The first-order valence-electron chi connectivity index (χ1n) is 11.3. The number of rotatable bonds is 5. The van der Waals surface area contributed by atoms with E-state index in [0.29, 0.717) is 5.92 Å². The number of carboxylic acids is 1. The second kappa shape index (κ2) is 8.35. The molecule has 0 aliphatic carbocycles. The van der Waals surface area contributed by atoms with E-state index in [1.54, 1.807) is 6.07 Å². The maximum atomic E-state index is 11.0. The van der Waals surface area contributed by atoms with Gasteiger partial charge < -0.3 is 19.5 Å². The Morgan fingerprint density at radius 1 is 1.10 bits per heavy atom. The van der Waals surface area contributed by atoms with Crippen LogP contribution in [-0.4, -0.2) is 58.3 Å². The van der Waals surface area contributed by atoms with Crippen LogP contribution in [0, 0.1) is 5.92 Å². The molecule has 2 aliphatic rings. The Bertz CT molecular complexity index is 1070. The molecule has 5 rings (SSSR count). The van der Waals surface area contributed by atoms with Gasteiger partial charge in [-0.05, 0) is 61.4 Å². The van der Waals surface area contributed by atoms with Crippen molar-refractivity contribution in [1.82, 2.24) is 14.5 Å². The third-order valence-corrected chi connectivity index (χ3v) is 7.09. The van der Waals surface area contributed by atoms with Gasteiger partial charge >= 0.3 is 5.97 Å². The summed E-state index contributed by atoms with van der Waals surface area (Å²) in [5, 5.41) is 10.5. The number of pyridine rings is 1. The van der Waals surface area contributed by atoms with E-state index in [0.717, 1.165) is 44.2 Å². The monoisotopic (exact) mass is 418 g/mol. The van der Waals surface area contributed by atoms with E-state index < -0.39 is 5.97 Å². The molecule has 1 N–H and O–H groups in total. The average molecular weight is 419 g/mol. The summed E-state index contributed by atoms with van der Waals surface area (Å²) < 4.78 is 2.26. The Morgan fingerprint density at radius 3 is 2.65 bits per heavy atom. The Hall–Kier alpha value is -2.86. The summed E-state index contributed by atoms with van der Waals surface area (Å²) >= 11 is 0. The highest BCUT2D eigenvalue weighted by Gasteiger charge is 2.29. The van der Waals surface area contributed by atoms with Crippen molar-refractivity contribution in [2.24, 2.45) is 13.0 Å². The van der Waals surface area contributed by atoms with Crippen LogP contribution in [0.25, 0.3) is 10.9 Å². The quantitative estimate of drug-likeness (QED) is 0.679. The second-order valence-electron chi connectivity index (χ2n) is 9.10. The van der Waals surface area contributed by atoms with E-state index >= 15 is 0 Å². The minimum absolute atomic E-state index is 0.244. The van der Waals surface area contributed by atoms with Crippen molar-refractivity contribution >= 4 is 22.7 Å². The van der Waals surface area contributed by atoms with Crippen LogP contribution in [-0.2, 0) is 7.05 Å². The van der Waals surface area contributed by atoms with Crippen molar-refractivity contribution in [1.29, 1.82) is 0 Å². The minimum atomic E-state index is -0.926. The molecule has 2 saturated heterocycles. The zero-order valence-corrected chi connectivity index (χ0v) is 18.1. The lowest BCUT2D eigenvalue weighted by molar-refractivity contribution is 0.0696. The molecule has 1 aromatic carbocycles. The molecule has 2 aromatic heterocycles. The normalized spacial score (nSPS) is 20.5. The van der Waals surface area contributed by atoms with Crippen LogP contribution in [0.5, 0.6) is 0 Å². The van der Waals surface area contributed by atoms with Gasteiger partial charge in [-0.3, -0.25) is 0 Å². The van der Waals surface area contributed by atoms with Gasteiger partial charge in [0.05, 0.1) is 5.56 Å². The molecule has 6 heteroatoms. The fraction of sp³-hybridized carbons (Fsp3) is 0.440. The molecular weight excluding hydrogens is 388 g/mol. The van der Waals surface area contributed by atoms with E-state index in [9.17, 15) is 4.79 Å². The third-order valence-electron chi connectivity index (χ3n) is 7.09. The highest BCUT2D eigenvalue weighted by molar-refractivity contribution is 5.87. The lowest BCUT2D eigenvalue weighted by Gasteiger charge is -2.34. The zero-order valence-electron chi connectivity index (χ0n) is 18.1. The maximum Gasteiger partial charge on any atom is 0.337 e. The van der Waals surface area contributed by atoms with Crippen LogP contribution < -0.4 is 4.90 Å². The number of nitrogens with zero attached hydrogens (tertiary/aromatic N) is 4. The van der Waals surface area contributed by atoms with Crippen molar-refractivity contribution in [3.8, 4) is 0 Å². The van der Waals surface area contributed by atoms with Gasteiger partial charge in [0.1, 0.15) is 5.82 Å². The summed E-state index contributed by atoms with van der Waals surface area (Å²) in [4.78, 5) is 20.3. The molecular formula is C25H30N4O2. The van der Waals surface area contributed by atoms with Crippen LogP contribution in [0.15, 0.2) is 48.8 Å². The Kier molecular flexibility index (Phi) is 5.40. The highest BCUT2D eigenvalue weighted by atomic mass is 16.4. The number of aryl methyl sites for hydroxylation is 1. The first-order chi connectivity index (χ1) is 15.1. The van der Waals surface area contributed by atoms with Crippen molar-refractivity contribution in [3.05, 3.63) is 59.9 Å². The maximum absolute atomic E-state index is 11.0. The number of likely N-dealkylation sites (tertiary alicyclic amines) is 1. The summed E-state index contributed by atoms with van der Waals surface area (Å²) in [7, 11) is 2.15. The summed E-state index contributed by atoms with van der Waals surface area (Å²) in [6.07, 6.45) is 7.36. The van der Waals surface area contributed by atoms with Crippen molar-refractivity contribution in [2.75, 3.05) is 37.6 Å². The number of aromatic nitrogens is 2. The van der Waals surface area contributed by atoms with Gasteiger partial charge in [0.25, 0.3) is 0 Å². The van der Waals surface area contributed by atoms with Crippen LogP contribution in [0.4, 0.5) is 5.82 Å². The predicted octanol–water partition coefficient (Wildman–Crippen LogP) is 3.98. The molecule has 0 radical (unpaired) electrons. The van der Waals surface area contributed by atoms with Gasteiger partial charge in [0.2, 0.25) is 0 Å². The van der Waals surface area contributed by atoms with E-state index in [2.05, 4.69) is 56.9 Å². The van der Waals surface area contributed by atoms with E-state index in [1.807, 2.05) is 6.07 Å². The number of piperidine rings is 1. The second-order valence-corrected chi connectivity index (χ2v) is 9.10. The number of carboxylic acid groups (broad SMARTS) is 1. The highest BCUT2D eigenvalue weighted by Crippen LogP contribution is 2.34. The number of benzene rings is 1. The summed E-state index contributed by atoms with van der Waals surface area (Å²) in [5.41, 5.74) is 3.08. The van der Waals surface area contributed by atoms with Crippen LogP contribution in [0.1, 0.15) is 41.1 Å². The lowest BCUT2D eigenvalue weighted by atomic mass is 9.96. The topological polar surface area (TPSA) is 61.6 Å². The SMILES string of the molecule is Cn1cc(C2CCN(CC3CCN(c4ccc(C(=O)O)cn4)CC3)C2)c2ccccc21. The predicted molar refractivity (Wildman–Crippen MR) is 123 cm³/mol. The summed E-state index contributed by atoms with van der Waals surface area (Å²) in [6.45, 7) is 5.51. The number of hydrogen-bond donors (Lipinski definition) is 1. The number of fused-ring (bicyclic) bond motifs is 1. The molecule has 162 valence electrons. The first kappa shape index (κ1) is 20.1. The Labute approximate surface area is 183 Å². The molecule has 3 aromatic rings. The molecule has 31 heavy (non-hydrogen) atoms. The van der Waals surface area contributed by atoms with Gasteiger partial charge in [-0.1, -0.05) is 18.2 Å². The van der Waals surface area contributed by atoms with E-state index in [4.69, 9.17) is 5.11 Å². The van der Waals surface area contributed by atoms with E-state index in [1.165, 1.54) is 42.2 Å². The van der Waals surface area contributed by atoms with Crippen LogP contribution in [0.3, 0.4) is 0 Å². The van der Waals surface area contributed by atoms with Gasteiger partial charge in [-0.2, -0.15) is 0 Å². The largest absolute Gasteiger partial charge is 0.478 e. The van der Waals surface area contributed by atoms with Crippen molar-refractivity contribution in [3.63, 3.8) is 0 Å². The first-order valence-corrected chi connectivity index (χ1v) is 11.3. The number of carbonyl (C=O) groups is 1. The smallest absolute Gasteiger partial charge is 0.337 e. The average Bonchev–Trinajstić information content (AvgIpc) is 3.39. The summed E-state index contributed by atoms with van der Waals surface area (Å²) in [6, 6.07) is 12.2. The molecule has 0 amide bonds. The van der Waals surface area contributed by atoms with Crippen molar-refractivity contribution in [2.45, 2.75) is 25.2 Å². The zero-order chi connectivity index (χ0) is 21.4. The fourth-order valence-corrected chi connectivity index (χ4v) is 5.36. The molecule has 2 aliphatic heterocycles. The molecule has 0 saturated carbocycles. The number of para-hydroxylation sites is 1. The van der Waals surface area contributed by atoms with E-state index in [-0.39, 0.29) is 5.56 Å². The molecule has 0 bridgehead atoms. The molecule has 1 unspecified atom stereocenters. The molecule has 6 nitrogen and oxygen atoms in total. The van der Waals surface area contributed by atoms with Gasteiger partial charge in [0.15, 0.2) is 0 Å². The Morgan fingerprint density at radius 2 is 1.90 bits per heavy atom. The molecule has 0 spiro atoms. The van der Waals surface area contributed by atoms with Crippen LogP contribution in [0.2, 0.25) is 0 Å². The standard InChI is InChI=1S/C25H30N4O2/c1-27-17-22(21-4-2-3-5-23(21)27)20-10-11-28(16-20)15-18-8-12-29(13-9-18)24-7-6-19(14-26-24)25(30)31/h2-7,14,17-18,20H,8-13,15-16H2,1H3,(H,30,31). The number of aromatic carboxylic acids is 1. The van der Waals surface area contributed by atoms with Gasteiger partial charge in [-0.15, -0.1) is 0 Å². The molecule has 4 heterocycles. The van der Waals surface area contributed by atoms with Gasteiger partial charge in [0, 0.05) is 56.5 Å². The third kappa shape index (κ3) is 4.04. The number of anilines is 1. The summed E-state index contributed by atoms with van der Waals surface area (Å²) in [5.74, 6) is 1.31. The van der Waals surface area contributed by atoms with Crippen LogP contribution >= 0.6 is 0 Å². The molecule has 1 atom stereocenters. The van der Waals surface area contributed by atoms with Gasteiger partial charge in [-0.25, -0.2) is 9.78 Å². The molecule has 2 fully saturated rings. The lowest BCUT2D eigenvalue weighted by Crippen LogP contribution is -2.38.